The Kier molecular flexibility index (Phi) is 17.0. The smallest absolute Gasteiger partial charge is 0.0803 e. The molecule has 0 bridgehead atoms. The second-order valence-corrected chi connectivity index (χ2v) is 6.81. The van der Waals surface area contributed by atoms with Gasteiger partial charge in [-0.25, -0.2) is 5.48 Å². The third-order valence-electron chi connectivity index (χ3n) is 2.27. The van der Waals surface area contributed by atoms with Crippen molar-refractivity contribution in [2.24, 2.45) is 0 Å². The van der Waals surface area contributed by atoms with Crippen molar-refractivity contribution in [3.8, 4) is 0 Å². The van der Waals surface area contributed by atoms with E-state index in [0.717, 1.165) is 30.6 Å². The van der Waals surface area contributed by atoms with Crippen LogP contribution in [0.25, 0.3) is 0 Å². The molecule has 0 saturated carbocycles. The first-order valence-corrected chi connectivity index (χ1v) is 8.15. The molecule has 1 N–H and O–H groups in total. The highest BCUT2D eigenvalue weighted by molar-refractivity contribution is 6.27. The molecule has 118 valence electrons. The van der Waals surface area contributed by atoms with Gasteiger partial charge in [0.25, 0.3) is 0 Å². The minimum atomic E-state index is 0.122. The predicted molar refractivity (Wildman–Crippen MR) is 87.0 cm³/mol. The van der Waals surface area contributed by atoms with Gasteiger partial charge in [0.15, 0.2) is 0 Å². The van der Waals surface area contributed by atoms with Crippen molar-refractivity contribution < 1.29 is 9.32 Å². The Balaban J connectivity index is 0. The number of hydrogen-bond donors (Lipinski definition) is 1. The lowest BCUT2D eigenvalue weighted by molar-refractivity contribution is -0.870. The van der Waals surface area contributed by atoms with Crippen LogP contribution in [-0.2, 0) is 4.84 Å². The summed E-state index contributed by atoms with van der Waals surface area (Å²) in [6.45, 7) is 7.03. The van der Waals surface area contributed by atoms with Gasteiger partial charge in [-0.1, -0.05) is 19.8 Å². The van der Waals surface area contributed by atoms with E-state index in [1.807, 2.05) is 6.92 Å². The van der Waals surface area contributed by atoms with Gasteiger partial charge >= 0.3 is 0 Å². The maximum absolute atomic E-state index is 5.33. The summed E-state index contributed by atoms with van der Waals surface area (Å²) in [4.78, 5) is 5.32. The molecule has 0 radical (unpaired) electrons. The van der Waals surface area contributed by atoms with Crippen molar-refractivity contribution >= 4 is 23.2 Å². The first-order chi connectivity index (χ1) is 8.83. The van der Waals surface area contributed by atoms with Crippen LogP contribution in [0.5, 0.6) is 0 Å². The number of nitrogens with zero attached hydrogens (tertiary/aromatic N) is 1. The van der Waals surface area contributed by atoms with Crippen molar-refractivity contribution in [1.82, 2.24) is 5.48 Å². The molecule has 0 aliphatic heterocycles. The molecule has 5 heteroatoms. The van der Waals surface area contributed by atoms with E-state index in [2.05, 4.69) is 33.5 Å². The monoisotopic (exact) mass is 315 g/mol. The largest absolute Gasteiger partial charge is 0.331 e. The summed E-state index contributed by atoms with van der Waals surface area (Å²) in [5.74, 6) is 0.543. The highest BCUT2D eigenvalue weighted by atomic mass is 35.5. The van der Waals surface area contributed by atoms with Crippen LogP contribution in [0.2, 0.25) is 0 Å². The van der Waals surface area contributed by atoms with Gasteiger partial charge < -0.3 is 9.32 Å². The van der Waals surface area contributed by atoms with Crippen molar-refractivity contribution in [3.05, 3.63) is 0 Å². The Hall–Kier alpha value is 0.460. The van der Waals surface area contributed by atoms with E-state index < -0.39 is 0 Å². The molecular formula is C14H33Cl2N2O+. The molecule has 0 aromatic heterocycles. The zero-order valence-electron chi connectivity index (χ0n) is 13.3. The van der Waals surface area contributed by atoms with Gasteiger partial charge in [-0.3, -0.25) is 0 Å². The highest BCUT2D eigenvalue weighted by Gasteiger charge is 2.04. The number of unbranched alkanes of at least 4 members (excludes halogenated alkanes) is 2. The lowest BCUT2D eigenvalue weighted by Crippen LogP contribution is -2.36. The second-order valence-electron chi connectivity index (χ2n) is 5.75. The van der Waals surface area contributed by atoms with Gasteiger partial charge in [0.05, 0.1) is 34.3 Å². The van der Waals surface area contributed by atoms with Crippen LogP contribution >= 0.6 is 23.2 Å². The van der Waals surface area contributed by atoms with Crippen LogP contribution < -0.4 is 5.48 Å². The average Bonchev–Trinajstić information content (AvgIpc) is 2.32. The number of rotatable bonds is 10. The number of hydrogen-bond acceptors (Lipinski definition) is 2. The lowest BCUT2D eigenvalue weighted by Gasteiger charge is -2.23. The average molecular weight is 316 g/mol. The molecule has 0 aliphatic carbocycles. The summed E-state index contributed by atoms with van der Waals surface area (Å²) in [5.41, 5.74) is 3.00. The van der Waals surface area contributed by atoms with Crippen molar-refractivity contribution in [3.63, 3.8) is 0 Å². The fourth-order valence-electron chi connectivity index (χ4n) is 1.20. The third-order valence-corrected chi connectivity index (χ3v) is 3.05. The van der Waals surface area contributed by atoms with E-state index in [-0.39, 0.29) is 5.38 Å². The molecule has 0 heterocycles. The number of nitrogens with one attached hydrogen (secondary N) is 1. The molecule has 1 unspecified atom stereocenters. The molecule has 0 aromatic carbocycles. The minimum Gasteiger partial charge on any atom is -0.331 e. The van der Waals surface area contributed by atoms with Gasteiger partial charge in [-0.15, -0.1) is 23.2 Å². The summed E-state index contributed by atoms with van der Waals surface area (Å²) < 4.78 is 1.01. The summed E-state index contributed by atoms with van der Waals surface area (Å²) in [6, 6.07) is 0. The quantitative estimate of drug-likeness (QED) is 0.287. The number of halogens is 2. The Morgan fingerprint density at radius 3 is 2.16 bits per heavy atom. The molecule has 3 nitrogen and oxygen atoms in total. The Bertz CT molecular complexity index is 173. The van der Waals surface area contributed by atoms with Crippen LogP contribution in [0.1, 0.15) is 39.5 Å². The van der Waals surface area contributed by atoms with Gasteiger partial charge in [0, 0.05) is 24.2 Å². The van der Waals surface area contributed by atoms with Gasteiger partial charge in [0.2, 0.25) is 0 Å². The third kappa shape index (κ3) is 27.6. The SMILES string of the molecule is CC(Cl)CCl.CCCCCNOCCC[N+](C)(C)C. The van der Waals surface area contributed by atoms with E-state index >= 15 is 0 Å². The van der Waals surface area contributed by atoms with Crippen molar-refractivity contribution in [1.29, 1.82) is 0 Å². The maximum atomic E-state index is 5.33. The standard InChI is InChI=1S/C11H27N2O.C3H6Cl2/c1-5-6-7-9-12-14-11-8-10-13(2,3)4;1-3(5)2-4/h12H,5-11H2,1-4H3;3H,2H2,1H3/q+1;. The molecule has 0 fully saturated rings. The fourth-order valence-corrected chi connectivity index (χ4v) is 1.20. The normalized spacial score (nSPS) is 12.8. The second kappa shape index (κ2) is 14.9. The zero-order chi connectivity index (χ0) is 15.1. The molecule has 19 heavy (non-hydrogen) atoms. The van der Waals surface area contributed by atoms with Crippen LogP contribution in [0.4, 0.5) is 0 Å². The van der Waals surface area contributed by atoms with Crippen molar-refractivity contribution in [2.45, 2.75) is 44.9 Å². The number of quaternary nitrogens is 1. The van der Waals surface area contributed by atoms with Crippen LogP contribution in [0, 0.1) is 0 Å². The van der Waals surface area contributed by atoms with Gasteiger partial charge in [0.1, 0.15) is 0 Å². The minimum absolute atomic E-state index is 0.122. The molecule has 0 aliphatic rings. The summed E-state index contributed by atoms with van der Waals surface area (Å²) >= 11 is 10.5. The van der Waals surface area contributed by atoms with Gasteiger partial charge in [-0.05, 0) is 13.3 Å². The zero-order valence-corrected chi connectivity index (χ0v) is 14.9. The fraction of sp³-hybridized carbons (Fsp3) is 1.00. The Morgan fingerprint density at radius 1 is 1.16 bits per heavy atom. The van der Waals surface area contributed by atoms with E-state index in [1.165, 1.54) is 19.3 Å². The van der Waals surface area contributed by atoms with Crippen molar-refractivity contribution in [2.75, 3.05) is 46.7 Å². The summed E-state index contributed by atoms with van der Waals surface area (Å²) in [5, 5.41) is 0.122. The molecule has 1 atom stereocenters. The number of alkyl halides is 2. The summed E-state index contributed by atoms with van der Waals surface area (Å²) in [6.07, 6.45) is 4.88. The molecule has 0 rings (SSSR count). The van der Waals surface area contributed by atoms with Gasteiger partial charge in [-0.2, -0.15) is 0 Å². The molecule has 0 amide bonds. The molecule has 0 saturated heterocycles. The Labute approximate surface area is 130 Å². The predicted octanol–water partition coefficient (Wildman–Crippen LogP) is 3.65. The van der Waals surface area contributed by atoms with E-state index in [4.69, 9.17) is 28.0 Å². The molecule has 0 aromatic rings. The van der Waals surface area contributed by atoms with Crippen LogP contribution in [-0.4, -0.2) is 56.6 Å². The van der Waals surface area contributed by atoms with E-state index in [1.54, 1.807) is 0 Å². The molecular weight excluding hydrogens is 283 g/mol. The first kappa shape index (κ1) is 21.8. The Morgan fingerprint density at radius 2 is 1.74 bits per heavy atom. The van der Waals surface area contributed by atoms with Crippen LogP contribution in [0.3, 0.4) is 0 Å². The highest BCUT2D eigenvalue weighted by Crippen LogP contribution is 1.94. The lowest BCUT2D eigenvalue weighted by atomic mass is 10.3. The van der Waals surface area contributed by atoms with E-state index in [0.29, 0.717) is 5.88 Å². The maximum Gasteiger partial charge on any atom is 0.0803 e. The topological polar surface area (TPSA) is 21.3 Å². The van der Waals surface area contributed by atoms with E-state index in [9.17, 15) is 0 Å². The van der Waals surface area contributed by atoms with Crippen LogP contribution in [0.15, 0.2) is 0 Å². The molecule has 0 spiro atoms. The number of hydroxylamine groups is 1. The summed E-state index contributed by atoms with van der Waals surface area (Å²) in [7, 11) is 6.61. The first-order valence-electron chi connectivity index (χ1n) is 7.18.